The number of fused-ring (bicyclic) bond motifs is 1. The smallest absolute Gasteiger partial charge is 0.191 e. The quantitative estimate of drug-likeness (QED) is 0.339. The molecule has 2 N–H and O–H groups in total. The van der Waals surface area contributed by atoms with Crippen molar-refractivity contribution in [2.45, 2.75) is 58.7 Å². The van der Waals surface area contributed by atoms with E-state index in [-0.39, 0.29) is 30.0 Å². The monoisotopic (exact) mass is 512 g/mol. The number of ether oxygens (including phenoxy) is 1. The molecule has 2 aromatic rings. The van der Waals surface area contributed by atoms with E-state index in [9.17, 15) is 0 Å². The Hall–Kier alpha value is -1.68. The van der Waals surface area contributed by atoms with Crippen LogP contribution in [0.2, 0.25) is 0 Å². The third-order valence-electron chi connectivity index (χ3n) is 4.99. The van der Waals surface area contributed by atoms with Crippen LogP contribution in [0, 0.1) is 6.92 Å². The van der Waals surface area contributed by atoms with Crippen molar-refractivity contribution in [3.8, 4) is 0 Å². The first-order valence-corrected chi connectivity index (χ1v) is 10.1. The Morgan fingerprint density at radius 2 is 2.24 bits per heavy atom. The fourth-order valence-corrected chi connectivity index (χ4v) is 3.49. The van der Waals surface area contributed by atoms with E-state index < -0.39 is 0 Å². The van der Waals surface area contributed by atoms with Crippen LogP contribution in [0.1, 0.15) is 49.0 Å². The maximum absolute atomic E-state index is 5.14. The van der Waals surface area contributed by atoms with Crippen LogP contribution in [-0.4, -0.2) is 47.0 Å². The van der Waals surface area contributed by atoms with E-state index in [1.165, 1.54) is 11.1 Å². The third-order valence-corrected chi connectivity index (χ3v) is 4.99. The molecule has 0 radical (unpaired) electrons. The van der Waals surface area contributed by atoms with E-state index in [2.05, 4.69) is 65.8 Å². The summed E-state index contributed by atoms with van der Waals surface area (Å²) in [5.74, 6) is 3.04. The Balaban J connectivity index is 0.00000300. The van der Waals surface area contributed by atoms with Gasteiger partial charge < -0.3 is 15.4 Å². The summed E-state index contributed by atoms with van der Waals surface area (Å²) in [7, 11) is 1.67. The van der Waals surface area contributed by atoms with Gasteiger partial charge in [-0.05, 0) is 25.8 Å². The largest absolute Gasteiger partial charge is 0.377 e. The van der Waals surface area contributed by atoms with Crippen molar-refractivity contribution in [2.24, 2.45) is 4.99 Å². The van der Waals surface area contributed by atoms with Crippen LogP contribution in [0.3, 0.4) is 0 Å². The highest BCUT2D eigenvalue weighted by molar-refractivity contribution is 14.0. The molecule has 1 aromatic carbocycles. The van der Waals surface area contributed by atoms with E-state index in [0.29, 0.717) is 12.5 Å². The summed E-state index contributed by atoms with van der Waals surface area (Å²) in [6, 6.07) is 8.95. The molecule has 1 aromatic heterocycles. The molecule has 3 rings (SSSR count). The van der Waals surface area contributed by atoms with Crippen molar-refractivity contribution in [2.75, 3.05) is 20.2 Å². The highest BCUT2D eigenvalue weighted by atomic mass is 127. The van der Waals surface area contributed by atoms with Gasteiger partial charge in [0, 0.05) is 38.6 Å². The Kier molecular flexibility index (Phi) is 9.35. The standard InChI is InChI=1S/C21H32N6O.HI/c1-5-22-21(23-12-16(3)17-8-6-7-15(2)11-17)24-18-9-10-20-25-19(14-28-4)26-27(20)13-18;/h6-8,11,16,18H,5,9-10,12-14H2,1-4H3,(H2,22,23,24);1H. The van der Waals surface area contributed by atoms with Gasteiger partial charge in [0.1, 0.15) is 12.4 Å². The average molecular weight is 512 g/mol. The zero-order valence-corrected chi connectivity index (χ0v) is 20.1. The van der Waals surface area contributed by atoms with Crippen molar-refractivity contribution in [3.63, 3.8) is 0 Å². The number of halogens is 1. The van der Waals surface area contributed by atoms with E-state index in [1.807, 2.05) is 4.68 Å². The lowest BCUT2D eigenvalue weighted by Crippen LogP contribution is -2.47. The second kappa shape index (κ2) is 11.5. The Morgan fingerprint density at radius 3 is 2.97 bits per heavy atom. The first-order chi connectivity index (χ1) is 13.6. The topological polar surface area (TPSA) is 76.4 Å². The number of aryl methyl sites for hydroxylation is 2. The van der Waals surface area contributed by atoms with Gasteiger partial charge in [-0.15, -0.1) is 24.0 Å². The zero-order chi connectivity index (χ0) is 19.9. The number of nitrogens with zero attached hydrogens (tertiary/aromatic N) is 4. The van der Waals surface area contributed by atoms with E-state index in [1.54, 1.807) is 7.11 Å². The molecule has 0 saturated heterocycles. The fourth-order valence-electron chi connectivity index (χ4n) is 3.49. The molecule has 2 unspecified atom stereocenters. The predicted octanol–water partition coefficient (Wildman–Crippen LogP) is 3.02. The molecule has 29 heavy (non-hydrogen) atoms. The van der Waals surface area contributed by atoms with Gasteiger partial charge in [0.05, 0.1) is 6.54 Å². The highest BCUT2D eigenvalue weighted by Gasteiger charge is 2.22. The van der Waals surface area contributed by atoms with Crippen LogP contribution in [-0.2, 0) is 24.3 Å². The number of rotatable bonds is 7. The number of guanidine groups is 1. The molecule has 0 aliphatic carbocycles. The van der Waals surface area contributed by atoms with Gasteiger partial charge in [-0.1, -0.05) is 36.8 Å². The minimum absolute atomic E-state index is 0. The van der Waals surface area contributed by atoms with Crippen LogP contribution < -0.4 is 10.6 Å². The van der Waals surface area contributed by atoms with Gasteiger partial charge >= 0.3 is 0 Å². The molecule has 2 heterocycles. The van der Waals surface area contributed by atoms with Gasteiger partial charge in [0.15, 0.2) is 11.8 Å². The molecule has 160 valence electrons. The van der Waals surface area contributed by atoms with Crippen molar-refractivity contribution >= 4 is 29.9 Å². The molecule has 0 amide bonds. The van der Waals surface area contributed by atoms with Crippen molar-refractivity contribution in [1.82, 2.24) is 25.4 Å². The number of hydrogen-bond donors (Lipinski definition) is 2. The minimum Gasteiger partial charge on any atom is -0.377 e. The molecule has 0 spiro atoms. The number of aliphatic imine (C=N–C) groups is 1. The second-order valence-electron chi connectivity index (χ2n) is 7.47. The SMILES string of the molecule is CCNC(=NCC(C)c1cccc(C)c1)NC1CCc2nc(COC)nn2C1.I. The lowest BCUT2D eigenvalue weighted by atomic mass is 10.00. The Bertz CT molecular complexity index is 806. The summed E-state index contributed by atoms with van der Waals surface area (Å²) in [5, 5.41) is 11.5. The zero-order valence-electron chi connectivity index (χ0n) is 17.8. The number of benzene rings is 1. The van der Waals surface area contributed by atoms with Crippen molar-refractivity contribution in [1.29, 1.82) is 0 Å². The van der Waals surface area contributed by atoms with Gasteiger partial charge in [-0.2, -0.15) is 5.10 Å². The van der Waals surface area contributed by atoms with Gasteiger partial charge in [-0.25, -0.2) is 9.67 Å². The summed E-state index contributed by atoms with van der Waals surface area (Å²) in [6.45, 7) is 9.28. The third kappa shape index (κ3) is 6.67. The lowest BCUT2D eigenvalue weighted by Gasteiger charge is -2.25. The number of aromatic nitrogens is 3. The summed E-state index contributed by atoms with van der Waals surface area (Å²) >= 11 is 0. The second-order valence-corrected chi connectivity index (χ2v) is 7.47. The van der Waals surface area contributed by atoms with Crippen LogP contribution in [0.4, 0.5) is 0 Å². The molecule has 8 heteroatoms. The molecule has 1 aliphatic rings. The Labute approximate surface area is 190 Å². The van der Waals surface area contributed by atoms with Crippen LogP contribution >= 0.6 is 24.0 Å². The predicted molar refractivity (Wildman–Crippen MR) is 127 cm³/mol. The molecule has 1 aliphatic heterocycles. The molecule has 7 nitrogen and oxygen atoms in total. The molecular formula is C21H33IN6O. The maximum Gasteiger partial charge on any atom is 0.191 e. The Morgan fingerprint density at radius 1 is 1.41 bits per heavy atom. The number of nitrogens with one attached hydrogen (secondary N) is 2. The maximum atomic E-state index is 5.14. The summed E-state index contributed by atoms with van der Waals surface area (Å²) < 4.78 is 7.14. The van der Waals surface area contributed by atoms with Crippen molar-refractivity contribution in [3.05, 3.63) is 47.0 Å². The number of methoxy groups -OCH3 is 1. The van der Waals surface area contributed by atoms with Crippen molar-refractivity contribution < 1.29 is 4.74 Å². The van der Waals surface area contributed by atoms with Crippen LogP contribution in [0.5, 0.6) is 0 Å². The van der Waals surface area contributed by atoms with E-state index >= 15 is 0 Å². The number of hydrogen-bond acceptors (Lipinski definition) is 4. The summed E-state index contributed by atoms with van der Waals surface area (Å²) in [6.07, 6.45) is 1.93. The summed E-state index contributed by atoms with van der Waals surface area (Å²) in [4.78, 5) is 9.38. The van der Waals surface area contributed by atoms with Crippen LogP contribution in [0.25, 0.3) is 0 Å². The molecule has 0 bridgehead atoms. The first-order valence-electron chi connectivity index (χ1n) is 10.1. The van der Waals surface area contributed by atoms with E-state index in [4.69, 9.17) is 9.73 Å². The average Bonchev–Trinajstić information content (AvgIpc) is 3.08. The van der Waals surface area contributed by atoms with Gasteiger partial charge in [0.2, 0.25) is 0 Å². The summed E-state index contributed by atoms with van der Waals surface area (Å²) in [5.41, 5.74) is 2.62. The minimum atomic E-state index is 0. The molecule has 2 atom stereocenters. The fraction of sp³-hybridized carbons (Fsp3) is 0.571. The highest BCUT2D eigenvalue weighted by Crippen LogP contribution is 2.17. The lowest BCUT2D eigenvalue weighted by molar-refractivity contribution is 0.177. The van der Waals surface area contributed by atoms with E-state index in [0.717, 1.165) is 50.1 Å². The first kappa shape index (κ1) is 23.6. The van der Waals surface area contributed by atoms with Gasteiger partial charge in [-0.3, -0.25) is 4.99 Å². The normalized spacial score (nSPS) is 17.2. The molecule has 0 saturated carbocycles. The molecule has 0 fully saturated rings. The van der Waals surface area contributed by atoms with Gasteiger partial charge in [0.25, 0.3) is 0 Å². The molecular weight excluding hydrogens is 479 g/mol. The van der Waals surface area contributed by atoms with Crippen LogP contribution in [0.15, 0.2) is 29.3 Å².